The topological polar surface area (TPSA) is 12.5 Å². The lowest BCUT2D eigenvalue weighted by Crippen LogP contribution is -2.10. The fraction of sp³-hybridized carbons (Fsp3) is 0.500. The van der Waals surface area contributed by atoms with Crippen molar-refractivity contribution >= 4 is 11.9 Å². The summed E-state index contributed by atoms with van der Waals surface area (Å²) in [5.74, 6) is 0.932. The summed E-state index contributed by atoms with van der Waals surface area (Å²) in [5, 5.41) is 0.781. The molecule has 1 aliphatic rings. The lowest BCUT2D eigenvalue weighted by Gasteiger charge is -2.14. The normalized spacial score (nSPS) is 21.9. The molecule has 1 aliphatic heterocycles. The second-order valence-corrected chi connectivity index (χ2v) is 5.45. The summed E-state index contributed by atoms with van der Waals surface area (Å²) in [5.41, 5.74) is 1.36. The Morgan fingerprint density at radius 1 is 1.40 bits per heavy atom. The summed E-state index contributed by atoms with van der Waals surface area (Å²) >= 11 is 1.97. The van der Waals surface area contributed by atoms with Gasteiger partial charge in [-0.1, -0.05) is 31.0 Å². The van der Waals surface area contributed by atoms with Crippen LogP contribution in [0, 0.1) is 0 Å². The Morgan fingerprint density at radius 3 is 2.67 bits per heavy atom. The smallest absolute Gasteiger partial charge is 0.118 e. The third-order valence-electron chi connectivity index (χ3n) is 2.63. The van der Waals surface area contributed by atoms with Crippen LogP contribution in [0.5, 0.6) is 5.75 Å². The molecule has 1 saturated heterocycles. The largest absolute Gasteiger partial charge is 0.497 e. The van der Waals surface area contributed by atoms with Gasteiger partial charge in [0.1, 0.15) is 5.75 Å². The highest BCUT2D eigenvalue weighted by Gasteiger charge is 2.19. The van der Waals surface area contributed by atoms with Gasteiger partial charge in [-0.05, 0) is 24.1 Å². The van der Waals surface area contributed by atoms with Gasteiger partial charge in [0.25, 0.3) is 0 Å². The first-order valence-electron chi connectivity index (χ1n) is 5.32. The van der Waals surface area contributed by atoms with Crippen LogP contribution in [-0.2, 0) is 6.54 Å². The van der Waals surface area contributed by atoms with Crippen molar-refractivity contribution in [2.75, 3.05) is 13.7 Å². The molecule has 2 rings (SSSR count). The van der Waals surface area contributed by atoms with E-state index in [1.165, 1.54) is 18.5 Å². The van der Waals surface area contributed by atoms with E-state index in [2.05, 4.69) is 23.4 Å². The minimum absolute atomic E-state index is 0.781. The van der Waals surface area contributed by atoms with E-state index in [1.54, 1.807) is 7.11 Å². The Morgan fingerprint density at radius 2 is 2.13 bits per heavy atom. The lowest BCUT2D eigenvalue weighted by atomic mass is 10.2. The molecule has 1 aromatic rings. The summed E-state index contributed by atoms with van der Waals surface area (Å²) in [6.07, 6.45) is 1.31. The highest BCUT2D eigenvalue weighted by Crippen LogP contribution is 2.29. The molecule has 0 aliphatic carbocycles. The summed E-state index contributed by atoms with van der Waals surface area (Å²) in [6.45, 7) is 4.54. The second kappa shape index (κ2) is 4.90. The van der Waals surface area contributed by atoms with Gasteiger partial charge in [-0.15, -0.1) is 0 Å². The summed E-state index contributed by atoms with van der Waals surface area (Å²) in [7, 11) is 1.70. The van der Waals surface area contributed by atoms with E-state index in [0.717, 1.165) is 17.5 Å². The standard InChI is InChI=1S/C12H17NOS/c1-10-7-8-13(15-10)9-11-3-5-12(14-2)6-4-11/h3-6,10H,7-9H2,1-2H3. The van der Waals surface area contributed by atoms with Gasteiger partial charge in [0, 0.05) is 18.3 Å². The number of ether oxygens (including phenoxy) is 1. The van der Waals surface area contributed by atoms with Crippen LogP contribution in [0.4, 0.5) is 0 Å². The molecule has 3 heteroatoms. The molecular weight excluding hydrogens is 206 g/mol. The first kappa shape index (κ1) is 10.8. The molecule has 0 radical (unpaired) electrons. The highest BCUT2D eigenvalue weighted by molar-refractivity contribution is 7.97. The number of nitrogens with zero attached hydrogens (tertiary/aromatic N) is 1. The van der Waals surface area contributed by atoms with Crippen LogP contribution in [0.25, 0.3) is 0 Å². The van der Waals surface area contributed by atoms with Gasteiger partial charge >= 0.3 is 0 Å². The molecule has 1 aromatic carbocycles. The van der Waals surface area contributed by atoms with E-state index in [9.17, 15) is 0 Å². The zero-order chi connectivity index (χ0) is 10.7. The van der Waals surface area contributed by atoms with Gasteiger partial charge in [-0.3, -0.25) is 0 Å². The fourth-order valence-corrected chi connectivity index (χ4v) is 2.89. The molecule has 1 unspecified atom stereocenters. The Bertz CT molecular complexity index is 312. The van der Waals surface area contributed by atoms with Crippen molar-refractivity contribution in [2.45, 2.75) is 25.1 Å². The van der Waals surface area contributed by atoms with Gasteiger partial charge in [-0.2, -0.15) is 0 Å². The average molecular weight is 223 g/mol. The number of methoxy groups -OCH3 is 1. The Kier molecular flexibility index (Phi) is 3.54. The van der Waals surface area contributed by atoms with Crippen molar-refractivity contribution in [1.82, 2.24) is 4.31 Å². The van der Waals surface area contributed by atoms with Gasteiger partial charge in [0.2, 0.25) is 0 Å². The maximum absolute atomic E-state index is 5.14. The van der Waals surface area contributed by atoms with Gasteiger partial charge in [-0.25, -0.2) is 4.31 Å². The van der Waals surface area contributed by atoms with Crippen LogP contribution in [0.1, 0.15) is 18.9 Å². The minimum Gasteiger partial charge on any atom is -0.497 e. The van der Waals surface area contributed by atoms with E-state index in [1.807, 2.05) is 24.1 Å². The zero-order valence-electron chi connectivity index (χ0n) is 9.27. The summed E-state index contributed by atoms with van der Waals surface area (Å²) in [6, 6.07) is 8.34. The molecule has 0 spiro atoms. The van der Waals surface area contributed by atoms with Gasteiger partial charge in [0.15, 0.2) is 0 Å². The van der Waals surface area contributed by atoms with Gasteiger partial charge in [0.05, 0.1) is 7.11 Å². The molecule has 1 atom stereocenters. The molecule has 1 fully saturated rings. The van der Waals surface area contributed by atoms with E-state index < -0.39 is 0 Å². The predicted octanol–water partition coefficient (Wildman–Crippen LogP) is 2.94. The maximum atomic E-state index is 5.14. The SMILES string of the molecule is COc1ccc(CN2CCC(C)S2)cc1. The van der Waals surface area contributed by atoms with Crippen LogP contribution in [0.2, 0.25) is 0 Å². The third kappa shape index (κ3) is 2.89. The van der Waals surface area contributed by atoms with E-state index in [0.29, 0.717) is 0 Å². The molecule has 0 aromatic heterocycles. The van der Waals surface area contributed by atoms with Crippen molar-refractivity contribution in [3.63, 3.8) is 0 Å². The van der Waals surface area contributed by atoms with Crippen LogP contribution < -0.4 is 4.74 Å². The number of hydrogen-bond acceptors (Lipinski definition) is 3. The molecular formula is C12H17NOS. The number of benzene rings is 1. The number of hydrogen-bond donors (Lipinski definition) is 0. The van der Waals surface area contributed by atoms with Crippen molar-refractivity contribution in [2.24, 2.45) is 0 Å². The first-order chi connectivity index (χ1) is 7.28. The van der Waals surface area contributed by atoms with E-state index >= 15 is 0 Å². The van der Waals surface area contributed by atoms with Crippen molar-refractivity contribution < 1.29 is 4.74 Å². The van der Waals surface area contributed by atoms with E-state index in [4.69, 9.17) is 4.74 Å². The quantitative estimate of drug-likeness (QED) is 0.731. The molecule has 0 bridgehead atoms. The number of rotatable bonds is 3. The van der Waals surface area contributed by atoms with Crippen LogP contribution in [0.15, 0.2) is 24.3 Å². The second-order valence-electron chi connectivity index (χ2n) is 3.92. The maximum Gasteiger partial charge on any atom is 0.118 e. The first-order valence-corrected chi connectivity index (χ1v) is 6.16. The van der Waals surface area contributed by atoms with E-state index in [-0.39, 0.29) is 0 Å². The minimum atomic E-state index is 0.781. The van der Waals surface area contributed by atoms with Crippen molar-refractivity contribution in [1.29, 1.82) is 0 Å². The van der Waals surface area contributed by atoms with Gasteiger partial charge < -0.3 is 4.74 Å². The summed E-state index contributed by atoms with van der Waals surface area (Å²) < 4.78 is 7.57. The zero-order valence-corrected chi connectivity index (χ0v) is 10.1. The molecule has 15 heavy (non-hydrogen) atoms. The van der Waals surface area contributed by atoms with Crippen molar-refractivity contribution in [3.05, 3.63) is 29.8 Å². The highest BCUT2D eigenvalue weighted by atomic mass is 32.2. The van der Waals surface area contributed by atoms with Crippen LogP contribution in [0.3, 0.4) is 0 Å². The predicted molar refractivity (Wildman–Crippen MR) is 65.1 cm³/mol. The molecule has 0 N–H and O–H groups in total. The summed E-state index contributed by atoms with van der Waals surface area (Å²) in [4.78, 5) is 0. The molecule has 1 heterocycles. The van der Waals surface area contributed by atoms with Crippen LogP contribution >= 0.6 is 11.9 Å². The Hall–Kier alpha value is -0.670. The fourth-order valence-electron chi connectivity index (χ4n) is 1.74. The average Bonchev–Trinajstić information content (AvgIpc) is 2.65. The molecule has 2 nitrogen and oxygen atoms in total. The van der Waals surface area contributed by atoms with Crippen LogP contribution in [-0.4, -0.2) is 23.2 Å². The molecule has 82 valence electrons. The Balaban J connectivity index is 1.93. The lowest BCUT2D eigenvalue weighted by molar-refractivity contribution is 0.414. The van der Waals surface area contributed by atoms with Crippen molar-refractivity contribution in [3.8, 4) is 5.75 Å². The molecule has 0 saturated carbocycles. The third-order valence-corrected chi connectivity index (χ3v) is 3.84. The monoisotopic (exact) mass is 223 g/mol. The molecule has 0 amide bonds. The Labute approximate surface area is 95.7 Å².